The maximum atomic E-state index is 12.6. The molecule has 1 heterocycles. The van der Waals surface area contributed by atoms with Crippen molar-refractivity contribution in [2.24, 2.45) is 0 Å². The van der Waals surface area contributed by atoms with Crippen LogP contribution in [0.5, 0.6) is 0 Å². The van der Waals surface area contributed by atoms with E-state index < -0.39 is 0 Å². The molecule has 0 atom stereocenters. The van der Waals surface area contributed by atoms with Gasteiger partial charge < -0.3 is 19.4 Å². The largest absolute Gasteiger partial charge is 2.00 e. The average molecular weight is 1080 g/mol. The topological polar surface area (TPSA) is 25.3 Å². The number of unbranched alkanes of at least 4 members (excludes halogenated alkanes) is 29. The van der Waals surface area contributed by atoms with Crippen molar-refractivity contribution in [3.63, 3.8) is 0 Å². The Balaban J connectivity index is 0.00000684. The summed E-state index contributed by atoms with van der Waals surface area (Å²) < 4.78 is 1.67. The van der Waals surface area contributed by atoms with Crippen LogP contribution in [0.4, 0.5) is 0 Å². The number of nitrogens with zero attached hydrogens (tertiary/aromatic N) is 2. The zero-order chi connectivity index (χ0) is 52.3. The molecule has 1 aliphatic rings. The minimum Gasteiger partial charge on any atom is -0.493 e. The number of allylic oxidation sites excluding steroid dienone is 2. The van der Waals surface area contributed by atoms with Crippen molar-refractivity contribution >= 4 is 11.4 Å². The van der Waals surface area contributed by atoms with Gasteiger partial charge in [-0.15, -0.1) is 0 Å². The molecule has 0 fully saturated rings. The Morgan fingerprint density at radius 3 is 0.861 bits per heavy atom. The molecule has 0 saturated heterocycles. The second-order valence-corrected chi connectivity index (χ2v) is 22.0. The van der Waals surface area contributed by atoms with E-state index in [1.807, 2.05) is 13.8 Å². The third-order valence-corrected chi connectivity index (χ3v) is 15.1. The third-order valence-electron chi connectivity index (χ3n) is 15.1. The van der Waals surface area contributed by atoms with Gasteiger partial charge in [-0.1, -0.05) is 254 Å². The van der Waals surface area contributed by atoms with Gasteiger partial charge in [-0.3, -0.25) is 0 Å². The van der Waals surface area contributed by atoms with E-state index in [0.29, 0.717) is 0 Å². The van der Waals surface area contributed by atoms with E-state index in [9.17, 15) is 5.53 Å². The Labute approximate surface area is 465 Å². The summed E-state index contributed by atoms with van der Waals surface area (Å²) in [6.07, 6.45) is 54.2. The molecule has 416 valence electrons. The van der Waals surface area contributed by atoms with Crippen LogP contribution < -0.4 is 0 Å². The van der Waals surface area contributed by atoms with Crippen molar-refractivity contribution < 1.29 is 25.1 Å². The summed E-state index contributed by atoms with van der Waals surface area (Å²) in [5, 5.41) is 0. The van der Waals surface area contributed by atoms with E-state index in [-0.39, 0.29) is 20.4 Å². The minimum atomic E-state index is 0. The quantitative estimate of drug-likeness (QED) is 0.0274. The molecule has 2 aromatic rings. The molecule has 0 unspecified atom stereocenters. The molecule has 0 spiro atoms. The first kappa shape index (κ1) is 70.2. The smallest absolute Gasteiger partial charge is 0.493 e. The van der Waals surface area contributed by atoms with Gasteiger partial charge in [0, 0.05) is 22.3 Å². The minimum absolute atomic E-state index is 0. The van der Waals surface area contributed by atoms with Crippen LogP contribution in [0.2, 0.25) is 0 Å². The molecule has 0 bridgehead atoms. The predicted octanol–water partition coefficient (Wildman–Crippen LogP) is 24.0. The SMILES string of the molecule is CCCCCCCCCCCCCCCCCCCCCCCCCCCC1=C(c2cc(CCC)c(CCC)c(CCC)c2)[N+](=[N-])C(c2cc(C)c(C)c(C)c2)=C1CCCCCCCC.[CH2-]CC.[CH2-]CC.[Pd+2]. The van der Waals surface area contributed by atoms with E-state index in [0.717, 1.165) is 69.2 Å². The summed E-state index contributed by atoms with van der Waals surface area (Å²) in [6, 6.07) is 9.67. The molecule has 0 aliphatic carbocycles. The van der Waals surface area contributed by atoms with E-state index in [1.54, 1.807) is 10.3 Å². The molecular weight excluding hydrogens is 963 g/mol. The second kappa shape index (κ2) is 47.6. The molecule has 0 amide bonds. The van der Waals surface area contributed by atoms with Crippen LogP contribution in [0.15, 0.2) is 35.4 Å². The van der Waals surface area contributed by atoms with Crippen LogP contribution in [0.25, 0.3) is 16.9 Å². The van der Waals surface area contributed by atoms with Crippen LogP contribution in [0.1, 0.15) is 337 Å². The van der Waals surface area contributed by atoms with Gasteiger partial charge in [0.25, 0.3) is 0 Å². The second-order valence-electron chi connectivity index (χ2n) is 22.0. The maximum Gasteiger partial charge on any atom is 2.00 e. The first-order valence-corrected chi connectivity index (χ1v) is 31.4. The summed E-state index contributed by atoms with van der Waals surface area (Å²) >= 11 is 0. The van der Waals surface area contributed by atoms with Crippen molar-refractivity contribution in [3.05, 3.63) is 99.3 Å². The number of rotatable bonds is 41. The molecule has 0 N–H and O–H groups in total. The van der Waals surface area contributed by atoms with Gasteiger partial charge in [0.2, 0.25) is 11.4 Å². The van der Waals surface area contributed by atoms with Gasteiger partial charge >= 0.3 is 20.4 Å². The maximum absolute atomic E-state index is 12.6. The Bertz CT molecular complexity index is 1640. The normalized spacial score (nSPS) is 12.3. The molecule has 1 aliphatic heterocycles. The fraction of sp³-hybridized carbons (Fsp3) is 0.739. The Morgan fingerprint density at radius 2 is 0.597 bits per heavy atom. The van der Waals surface area contributed by atoms with Crippen LogP contribution in [-0.4, -0.2) is 4.70 Å². The Hall–Kier alpha value is -1.82. The summed E-state index contributed by atoms with van der Waals surface area (Å²) in [4.78, 5) is 0. The van der Waals surface area contributed by atoms with Crippen LogP contribution >= 0.6 is 0 Å². The van der Waals surface area contributed by atoms with E-state index in [1.165, 1.54) is 256 Å². The van der Waals surface area contributed by atoms with Crippen LogP contribution in [0, 0.1) is 34.6 Å². The molecule has 3 heteroatoms. The summed E-state index contributed by atoms with van der Waals surface area (Å²) in [6.45, 7) is 29.3. The number of hydrogen-bond acceptors (Lipinski definition) is 0. The number of benzene rings is 2. The van der Waals surface area contributed by atoms with Crippen molar-refractivity contribution in [2.75, 3.05) is 0 Å². The number of aryl methyl sites for hydroxylation is 4. The van der Waals surface area contributed by atoms with Crippen molar-refractivity contribution in [1.82, 2.24) is 0 Å². The van der Waals surface area contributed by atoms with E-state index in [4.69, 9.17) is 0 Å². The molecule has 3 rings (SSSR count). The molecule has 2 aromatic carbocycles. The molecular formula is C69H120N2Pd. The van der Waals surface area contributed by atoms with Crippen molar-refractivity contribution in [2.45, 2.75) is 332 Å². The first-order chi connectivity index (χ1) is 34.6. The van der Waals surface area contributed by atoms with Gasteiger partial charge in [0.15, 0.2) is 0 Å². The fourth-order valence-electron chi connectivity index (χ4n) is 11.0. The first-order valence-electron chi connectivity index (χ1n) is 31.4. The predicted molar refractivity (Wildman–Crippen MR) is 322 cm³/mol. The van der Waals surface area contributed by atoms with E-state index in [2.05, 4.69) is 93.5 Å². The molecule has 72 heavy (non-hydrogen) atoms. The van der Waals surface area contributed by atoms with Crippen molar-refractivity contribution in [1.29, 1.82) is 0 Å². The average Bonchev–Trinajstić information content (AvgIpc) is 3.62. The zero-order valence-electron chi connectivity index (χ0n) is 49.9. The molecule has 0 radical (unpaired) electrons. The fourth-order valence-corrected chi connectivity index (χ4v) is 11.0. The van der Waals surface area contributed by atoms with Crippen LogP contribution in [-0.2, 0) is 39.7 Å². The van der Waals surface area contributed by atoms with Gasteiger partial charge in [0.05, 0.1) is 0 Å². The molecule has 2 nitrogen and oxygen atoms in total. The van der Waals surface area contributed by atoms with Crippen molar-refractivity contribution in [3.8, 4) is 0 Å². The van der Waals surface area contributed by atoms with Crippen LogP contribution in [0.3, 0.4) is 0 Å². The Morgan fingerprint density at radius 1 is 0.347 bits per heavy atom. The van der Waals surface area contributed by atoms with Gasteiger partial charge in [0.1, 0.15) is 0 Å². The Kier molecular flexibility index (Phi) is 46.4. The van der Waals surface area contributed by atoms with Gasteiger partial charge in [-0.25, -0.2) is 4.70 Å². The summed E-state index contributed by atoms with van der Waals surface area (Å²) in [7, 11) is 0. The van der Waals surface area contributed by atoms with Gasteiger partial charge in [-0.05, 0) is 123 Å². The molecule has 0 saturated carbocycles. The molecule has 0 aromatic heterocycles. The summed E-state index contributed by atoms with van der Waals surface area (Å²) in [5.41, 5.74) is 28.6. The third kappa shape index (κ3) is 29.5. The zero-order valence-corrected chi connectivity index (χ0v) is 51.5. The van der Waals surface area contributed by atoms with Gasteiger partial charge in [-0.2, -0.15) is 12.8 Å². The number of hydrogen-bond donors (Lipinski definition) is 0. The standard InChI is InChI=1S/C63H106N2.2C3H7.Pd/c1-9-14-16-18-20-21-22-23-24-25-26-27-28-29-30-31-32-33-34-35-36-37-38-40-42-47-61-60(46-41-39-19-17-15-10-2)62(57-48-52(6)54(8)53(7)49-57)65(64)63(61)58-50-55(43-11-3)59(45-13-5)56(51-58)44-12-4;2*1-3-2;/h48-51H,9-47H2,1-8H3;2*1,3H2,2H3;/q;2*-1;+2. The van der Waals surface area contributed by atoms with E-state index >= 15 is 0 Å². The summed E-state index contributed by atoms with van der Waals surface area (Å²) in [5.74, 6) is 0. The monoisotopic (exact) mass is 1080 g/mol.